The number of rotatable bonds is 7. The van der Waals surface area contributed by atoms with E-state index in [-0.39, 0.29) is 17.9 Å². The maximum Gasteiger partial charge on any atom is 0.344 e. The molecule has 0 radical (unpaired) electrons. The van der Waals surface area contributed by atoms with E-state index in [0.717, 1.165) is 19.3 Å². The molecule has 166 valence electrons. The monoisotopic (exact) mass is 428 g/mol. The van der Waals surface area contributed by atoms with Gasteiger partial charge in [-0.1, -0.05) is 0 Å². The molecule has 0 aromatic heterocycles. The van der Waals surface area contributed by atoms with Gasteiger partial charge < -0.3 is 14.8 Å². The highest BCUT2D eigenvalue weighted by Crippen LogP contribution is 2.55. The Morgan fingerprint density at radius 2 is 1.52 bits per heavy atom. The van der Waals surface area contributed by atoms with Gasteiger partial charge in [0.25, 0.3) is 5.91 Å². The Balaban J connectivity index is 1.16. The average Bonchev–Trinajstić information content (AvgIpc) is 2.69. The van der Waals surface area contributed by atoms with Gasteiger partial charge in [0.2, 0.25) is 0 Å². The first kappa shape index (κ1) is 21.3. The molecule has 4 aliphatic carbocycles. The molecule has 8 heteroatoms. The molecule has 0 heterocycles. The molecule has 3 amide bonds. The van der Waals surface area contributed by atoms with Gasteiger partial charge in [-0.25, -0.2) is 9.59 Å². The molecule has 4 fully saturated rings. The summed E-state index contributed by atoms with van der Waals surface area (Å²) in [5, 5.41) is 5.30. The maximum absolute atomic E-state index is 12.3. The topological polar surface area (TPSA) is 111 Å². The Hall–Kier alpha value is -2.90. The molecule has 5 rings (SSSR count). The summed E-state index contributed by atoms with van der Waals surface area (Å²) in [7, 11) is 0. The number of benzene rings is 1. The van der Waals surface area contributed by atoms with Crippen LogP contribution in [0.4, 0.5) is 4.79 Å². The van der Waals surface area contributed by atoms with Crippen molar-refractivity contribution in [1.82, 2.24) is 10.6 Å². The van der Waals surface area contributed by atoms with Crippen LogP contribution < -0.4 is 15.4 Å². The van der Waals surface area contributed by atoms with E-state index < -0.39 is 24.5 Å². The van der Waals surface area contributed by atoms with E-state index in [9.17, 15) is 19.2 Å². The van der Waals surface area contributed by atoms with Crippen molar-refractivity contribution < 1.29 is 28.7 Å². The van der Waals surface area contributed by atoms with E-state index in [1.807, 2.05) is 0 Å². The summed E-state index contributed by atoms with van der Waals surface area (Å²) in [6.07, 6.45) is 6.75. The highest BCUT2D eigenvalue weighted by molar-refractivity contribution is 5.96. The van der Waals surface area contributed by atoms with E-state index in [4.69, 9.17) is 9.47 Å². The van der Waals surface area contributed by atoms with Crippen LogP contribution in [0.1, 0.15) is 55.8 Å². The quantitative estimate of drug-likeness (QED) is 0.510. The van der Waals surface area contributed by atoms with Gasteiger partial charge in [-0.15, -0.1) is 0 Å². The third-order valence-corrected chi connectivity index (χ3v) is 6.65. The molecule has 4 saturated carbocycles. The van der Waals surface area contributed by atoms with Crippen LogP contribution in [0, 0.1) is 17.8 Å². The second-order valence-electron chi connectivity index (χ2n) is 9.23. The third-order valence-electron chi connectivity index (χ3n) is 6.65. The first-order valence-corrected chi connectivity index (χ1v) is 10.8. The first-order valence-electron chi connectivity index (χ1n) is 10.8. The predicted molar refractivity (Wildman–Crippen MR) is 110 cm³/mol. The number of carbonyl (C=O) groups is 4. The van der Waals surface area contributed by atoms with Crippen LogP contribution >= 0.6 is 0 Å². The Kier molecular flexibility index (Phi) is 5.98. The van der Waals surface area contributed by atoms with Crippen molar-refractivity contribution in [2.45, 2.75) is 51.0 Å². The minimum atomic E-state index is -0.729. The number of amides is 3. The number of nitrogens with one attached hydrogen (secondary N) is 2. The third kappa shape index (κ3) is 5.24. The SMILES string of the molecule is CC(=O)c1ccc(OCC(=O)OCC(=O)NC(=O)NC23CC4CC(CC(C4)C2)C3)cc1. The lowest BCUT2D eigenvalue weighted by Crippen LogP contribution is -2.62. The Morgan fingerprint density at radius 1 is 0.935 bits per heavy atom. The molecular formula is C23H28N2O6. The minimum absolute atomic E-state index is 0.0656. The van der Waals surface area contributed by atoms with Crippen molar-refractivity contribution >= 4 is 23.7 Å². The van der Waals surface area contributed by atoms with Crippen LogP contribution in [0.15, 0.2) is 24.3 Å². The van der Waals surface area contributed by atoms with Crippen molar-refractivity contribution in [2.75, 3.05) is 13.2 Å². The Labute approximate surface area is 181 Å². The number of hydrogen-bond acceptors (Lipinski definition) is 6. The van der Waals surface area contributed by atoms with Gasteiger partial charge in [0, 0.05) is 11.1 Å². The van der Waals surface area contributed by atoms with Gasteiger partial charge in [-0.05, 0) is 87.5 Å². The lowest BCUT2D eigenvalue weighted by Gasteiger charge is -2.56. The maximum atomic E-state index is 12.3. The van der Waals surface area contributed by atoms with Gasteiger partial charge >= 0.3 is 12.0 Å². The molecule has 31 heavy (non-hydrogen) atoms. The van der Waals surface area contributed by atoms with Crippen LogP contribution in [0.25, 0.3) is 0 Å². The lowest BCUT2D eigenvalue weighted by atomic mass is 9.53. The van der Waals surface area contributed by atoms with E-state index in [2.05, 4.69) is 10.6 Å². The van der Waals surface area contributed by atoms with Crippen molar-refractivity contribution in [3.63, 3.8) is 0 Å². The zero-order chi connectivity index (χ0) is 22.0. The van der Waals surface area contributed by atoms with Gasteiger partial charge in [0.1, 0.15) is 5.75 Å². The second-order valence-corrected chi connectivity index (χ2v) is 9.23. The zero-order valence-corrected chi connectivity index (χ0v) is 17.6. The summed E-state index contributed by atoms with van der Waals surface area (Å²) >= 11 is 0. The fourth-order valence-electron chi connectivity index (χ4n) is 5.81. The van der Waals surface area contributed by atoms with E-state index in [1.54, 1.807) is 24.3 Å². The van der Waals surface area contributed by atoms with Gasteiger partial charge in [-0.3, -0.25) is 14.9 Å². The van der Waals surface area contributed by atoms with Crippen LogP contribution in [-0.4, -0.2) is 42.4 Å². The molecule has 1 aromatic carbocycles. The van der Waals surface area contributed by atoms with Crippen LogP contribution in [0.5, 0.6) is 5.75 Å². The molecule has 4 aliphatic rings. The van der Waals surface area contributed by atoms with E-state index in [1.165, 1.54) is 26.2 Å². The lowest BCUT2D eigenvalue weighted by molar-refractivity contribution is -0.150. The van der Waals surface area contributed by atoms with Crippen LogP contribution in [0.3, 0.4) is 0 Å². The number of ketones is 1. The molecule has 0 unspecified atom stereocenters. The van der Waals surface area contributed by atoms with Gasteiger partial charge in [-0.2, -0.15) is 0 Å². The number of carbonyl (C=O) groups excluding carboxylic acids is 4. The largest absolute Gasteiger partial charge is 0.482 e. The summed E-state index contributed by atoms with van der Waals surface area (Å²) in [5.74, 6) is 0.977. The van der Waals surface area contributed by atoms with Crippen molar-refractivity contribution in [3.8, 4) is 5.75 Å². The summed E-state index contributed by atoms with van der Waals surface area (Å²) in [6, 6.07) is 5.82. The standard InChI is InChI=1S/C23H28N2O6/c1-14(26)18-2-4-19(5-3-18)30-13-21(28)31-12-20(27)24-22(29)25-23-9-15-6-16(10-23)8-17(7-15)11-23/h2-5,15-17H,6-13H2,1H3,(H2,24,25,27,29). The molecule has 0 saturated heterocycles. The van der Waals surface area contributed by atoms with Gasteiger partial charge in [0.15, 0.2) is 19.0 Å². The van der Waals surface area contributed by atoms with Gasteiger partial charge in [0.05, 0.1) is 0 Å². The molecule has 0 atom stereocenters. The number of urea groups is 1. The number of imide groups is 1. The van der Waals surface area contributed by atoms with Crippen molar-refractivity contribution in [1.29, 1.82) is 0 Å². The fraction of sp³-hybridized carbons (Fsp3) is 0.565. The van der Waals surface area contributed by atoms with Crippen LogP contribution in [-0.2, 0) is 14.3 Å². The Morgan fingerprint density at radius 3 is 2.06 bits per heavy atom. The molecule has 4 bridgehead atoms. The first-order chi connectivity index (χ1) is 14.8. The van der Waals surface area contributed by atoms with Crippen molar-refractivity contribution in [2.24, 2.45) is 17.8 Å². The number of Topliss-reactive ketones (excluding diaryl/α,β-unsaturated/α-hetero) is 1. The number of esters is 1. The molecule has 0 aliphatic heterocycles. The highest BCUT2D eigenvalue weighted by Gasteiger charge is 2.51. The Bertz CT molecular complexity index is 843. The molecular weight excluding hydrogens is 400 g/mol. The molecule has 8 nitrogen and oxygen atoms in total. The molecule has 0 spiro atoms. The fourth-order valence-corrected chi connectivity index (χ4v) is 5.81. The zero-order valence-electron chi connectivity index (χ0n) is 17.6. The normalized spacial score (nSPS) is 28.0. The predicted octanol–water partition coefficient (Wildman–Crippen LogP) is 2.61. The minimum Gasteiger partial charge on any atom is -0.482 e. The number of ether oxygens (including phenoxy) is 2. The van der Waals surface area contributed by atoms with E-state index >= 15 is 0 Å². The van der Waals surface area contributed by atoms with Crippen molar-refractivity contribution in [3.05, 3.63) is 29.8 Å². The molecule has 2 N–H and O–H groups in total. The van der Waals surface area contributed by atoms with Crippen LogP contribution in [0.2, 0.25) is 0 Å². The number of hydrogen-bond donors (Lipinski definition) is 2. The van der Waals surface area contributed by atoms with E-state index in [0.29, 0.717) is 29.1 Å². The second kappa shape index (κ2) is 8.69. The summed E-state index contributed by atoms with van der Waals surface area (Å²) in [5.41, 5.74) is 0.347. The molecule has 1 aromatic rings. The summed E-state index contributed by atoms with van der Waals surface area (Å²) in [4.78, 5) is 47.4. The highest BCUT2D eigenvalue weighted by atomic mass is 16.6. The smallest absolute Gasteiger partial charge is 0.344 e. The average molecular weight is 428 g/mol. The summed E-state index contributed by atoms with van der Waals surface area (Å²) < 4.78 is 10.2. The summed E-state index contributed by atoms with van der Waals surface area (Å²) in [6.45, 7) is 0.521.